The van der Waals surface area contributed by atoms with Crippen molar-refractivity contribution in [2.75, 3.05) is 0 Å². The molecule has 3 aromatic rings. The van der Waals surface area contributed by atoms with Crippen LogP contribution in [-0.4, -0.2) is 12.7 Å². The lowest BCUT2D eigenvalue weighted by Crippen LogP contribution is -2.31. The Labute approximate surface area is 150 Å². The highest BCUT2D eigenvalue weighted by atomic mass is 35.5. The summed E-state index contributed by atoms with van der Waals surface area (Å²) in [5.74, 6) is -0.129. The van der Waals surface area contributed by atoms with E-state index < -0.39 is 10.0 Å². The molecular formula is C17H16ClNO3S2. The number of halogens is 1. The average Bonchev–Trinajstić information content (AvgIpc) is 3.22. The Morgan fingerprint density at radius 2 is 1.92 bits per heavy atom. The number of thiophene rings is 1. The standard InChI is InChI=1S/C17H16ClNO3S2/c18-17-6-2-1-4-15(17)13-24(20,21)19(10-14-7-8-22-12-14)11-16-5-3-9-23-16/h1-9,12H,10-11,13H2. The second-order valence-electron chi connectivity index (χ2n) is 5.33. The summed E-state index contributed by atoms with van der Waals surface area (Å²) in [5.41, 5.74) is 1.41. The number of rotatable bonds is 7. The number of nitrogens with zero attached hydrogens (tertiary/aromatic N) is 1. The van der Waals surface area contributed by atoms with Crippen molar-refractivity contribution in [3.63, 3.8) is 0 Å². The van der Waals surface area contributed by atoms with Gasteiger partial charge < -0.3 is 4.42 Å². The molecule has 0 fully saturated rings. The number of sulfonamides is 1. The van der Waals surface area contributed by atoms with Crippen LogP contribution in [0.3, 0.4) is 0 Å². The van der Waals surface area contributed by atoms with E-state index in [0.29, 0.717) is 17.1 Å². The molecule has 0 aliphatic heterocycles. The van der Waals surface area contributed by atoms with Gasteiger partial charge in [0.15, 0.2) is 0 Å². The van der Waals surface area contributed by atoms with Gasteiger partial charge in [-0.15, -0.1) is 11.3 Å². The second-order valence-corrected chi connectivity index (χ2v) is 8.74. The molecule has 0 unspecified atom stereocenters. The average molecular weight is 382 g/mol. The lowest BCUT2D eigenvalue weighted by molar-refractivity contribution is 0.401. The van der Waals surface area contributed by atoms with Crippen LogP contribution in [-0.2, 0) is 28.9 Å². The number of hydrogen-bond acceptors (Lipinski definition) is 4. The Kier molecular flexibility index (Phi) is 5.40. The summed E-state index contributed by atoms with van der Waals surface area (Å²) in [6.45, 7) is 0.594. The summed E-state index contributed by atoms with van der Waals surface area (Å²) < 4.78 is 32.4. The third-order valence-corrected chi connectivity index (χ3v) is 6.49. The molecule has 2 aromatic heterocycles. The highest BCUT2D eigenvalue weighted by Gasteiger charge is 2.24. The first-order valence-corrected chi connectivity index (χ1v) is 10.2. The Morgan fingerprint density at radius 1 is 1.08 bits per heavy atom. The minimum absolute atomic E-state index is 0.129. The molecule has 4 nitrogen and oxygen atoms in total. The van der Waals surface area contributed by atoms with Crippen LogP contribution < -0.4 is 0 Å². The van der Waals surface area contributed by atoms with Crippen LogP contribution in [0.25, 0.3) is 0 Å². The first-order chi connectivity index (χ1) is 11.5. The predicted molar refractivity (Wildman–Crippen MR) is 96.3 cm³/mol. The summed E-state index contributed by atoms with van der Waals surface area (Å²) in [7, 11) is -3.54. The van der Waals surface area contributed by atoms with E-state index in [1.165, 1.54) is 15.6 Å². The first kappa shape index (κ1) is 17.2. The third-order valence-electron chi connectivity index (χ3n) is 3.54. The molecular weight excluding hydrogens is 366 g/mol. The van der Waals surface area contributed by atoms with Crippen molar-refractivity contribution in [3.05, 3.63) is 81.4 Å². The molecule has 1 aromatic carbocycles. The molecule has 126 valence electrons. The Morgan fingerprint density at radius 3 is 2.58 bits per heavy atom. The van der Waals surface area contributed by atoms with Crippen molar-refractivity contribution < 1.29 is 12.8 Å². The molecule has 0 N–H and O–H groups in total. The van der Waals surface area contributed by atoms with E-state index in [0.717, 1.165) is 10.4 Å². The van der Waals surface area contributed by atoms with Crippen LogP contribution >= 0.6 is 22.9 Å². The van der Waals surface area contributed by atoms with E-state index >= 15 is 0 Å². The fraction of sp³-hybridized carbons (Fsp3) is 0.176. The molecule has 0 spiro atoms. The van der Waals surface area contributed by atoms with Gasteiger partial charge >= 0.3 is 0 Å². The van der Waals surface area contributed by atoms with Crippen molar-refractivity contribution in [1.82, 2.24) is 4.31 Å². The number of furan rings is 1. The van der Waals surface area contributed by atoms with Crippen molar-refractivity contribution in [2.24, 2.45) is 0 Å². The van der Waals surface area contributed by atoms with E-state index in [1.807, 2.05) is 17.5 Å². The van der Waals surface area contributed by atoms with Gasteiger partial charge in [0, 0.05) is 28.6 Å². The number of hydrogen-bond donors (Lipinski definition) is 0. The zero-order valence-electron chi connectivity index (χ0n) is 12.8. The quantitative estimate of drug-likeness (QED) is 0.604. The fourth-order valence-electron chi connectivity index (χ4n) is 2.32. The van der Waals surface area contributed by atoms with Crippen LogP contribution in [0.5, 0.6) is 0 Å². The smallest absolute Gasteiger partial charge is 0.218 e. The van der Waals surface area contributed by atoms with Gasteiger partial charge in [0.25, 0.3) is 0 Å². The van der Waals surface area contributed by atoms with E-state index in [1.54, 1.807) is 42.9 Å². The monoisotopic (exact) mass is 381 g/mol. The molecule has 0 bridgehead atoms. The van der Waals surface area contributed by atoms with E-state index in [4.69, 9.17) is 16.0 Å². The van der Waals surface area contributed by atoms with Crippen LogP contribution in [0.1, 0.15) is 16.0 Å². The summed E-state index contributed by atoms with van der Waals surface area (Å²) in [6.07, 6.45) is 3.10. The SMILES string of the molecule is O=S(=O)(Cc1ccccc1Cl)N(Cc1ccoc1)Cc1cccs1. The molecule has 0 atom stereocenters. The molecule has 0 amide bonds. The van der Waals surface area contributed by atoms with Crippen LogP contribution in [0.15, 0.2) is 64.8 Å². The lowest BCUT2D eigenvalue weighted by atomic mass is 10.2. The minimum Gasteiger partial charge on any atom is -0.472 e. The van der Waals surface area contributed by atoms with Gasteiger partial charge in [0.2, 0.25) is 10.0 Å². The summed E-state index contributed by atoms with van der Waals surface area (Å²) in [5, 5.41) is 2.40. The molecule has 0 saturated heterocycles. The summed E-state index contributed by atoms with van der Waals surface area (Å²) in [6, 6.07) is 12.6. The maximum atomic E-state index is 12.9. The topological polar surface area (TPSA) is 50.5 Å². The van der Waals surface area contributed by atoms with Crippen LogP contribution in [0.4, 0.5) is 0 Å². The lowest BCUT2D eigenvalue weighted by Gasteiger charge is -2.21. The zero-order valence-corrected chi connectivity index (χ0v) is 15.2. The van der Waals surface area contributed by atoms with Gasteiger partial charge in [-0.25, -0.2) is 8.42 Å². The Balaban J connectivity index is 1.86. The van der Waals surface area contributed by atoms with Gasteiger partial charge in [0.05, 0.1) is 18.3 Å². The predicted octanol–water partition coefficient (Wildman–Crippen LogP) is 4.53. The summed E-state index contributed by atoms with van der Waals surface area (Å²) in [4.78, 5) is 0.987. The van der Waals surface area contributed by atoms with E-state index in [9.17, 15) is 8.42 Å². The van der Waals surface area contributed by atoms with Gasteiger partial charge in [-0.05, 0) is 29.1 Å². The number of benzene rings is 1. The van der Waals surface area contributed by atoms with Gasteiger partial charge in [0.1, 0.15) is 0 Å². The van der Waals surface area contributed by atoms with Crippen LogP contribution in [0.2, 0.25) is 5.02 Å². The second kappa shape index (κ2) is 7.53. The van der Waals surface area contributed by atoms with Crippen molar-refractivity contribution in [2.45, 2.75) is 18.8 Å². The fourth-order valence-corrected chi connectivity index (χ4v) is 4.91. The summed E-state index contributed by atoms with van der Waals surface area (Å²) >= 11 is 7.66. The van der Waals surface area contributed by atoms with Gasteiger partial charge in [-0.1, -0.05) is 35.9 Å². The van der Waals surface area contributed by atoms with E-state index in [-0.39, 0.29) is 12.3 Å². The van der Waals surface area contributed by atoms with Gasteiger partial charge in [-0.3, -0.25) is 0 Å². The Hall–Kier alpha value is -1.60. The zero-order chi connectivity index (χ0) is 17.0. The van der Waals surface area contributed by atoms with Crippen molar-refractivity contribution in [3.8, 4) is 0 Å². The van der Waals surface area contributed by atoms with Crippen molar-refractivity contribution >= 4 is 33.0 Å². The minimum atomic E-state index is -3.54. The highest BCUT2D eigenvalue weighted by Crippen LogP contribution is 2.23. The molecule has 0 aliphatic carbocycles. The third kappa shape index (κ3) is 4.27. The van der Waals surface area contributed by atoms with E-state index in [2.05, 4.69) is 0 Å². The first-order valence-electron chi connectivity index (χ1n) is 7.29. The van der Waals surface area contributed by atoms with Crippen molar-refractivity contribution in [1.29, 1.82) is 0 Å². The maximum Gasteiger partial charge on any atom is 0.218 e. The maximum absolute atomic E-state index is 12.9. The molecule has 0 radical (unpaired) electrons. The molecule has 24 heavy (non-hydrogen) atoms. The molecule has 0 saturated carbocycles. The largest absolute Gasteiger partial charge is 0.472 e. The molecule has 7 heteroatoms. The highest BCUT2D eigenvalue weighted by molar-refractivity contribution is 7.88. The molecule has 3 rings (SSSR count). The van der Waals surface area contributed by atoms with Crippen LogP contribution in [0, 0.1) is 0 Å². The van der Waals surface area contributed by atoms with Gasteiger partial charge in [-0.2, -0.15) is 4.31 Å². The Bertz CT molecular complexity index is 838. The molecule has 0 aliphatic rings. The molecule has 2 heterocycles. The normalized spacial score (nSPS) is 11.9.